The highest BCUT2D eigenvalue weighted by atomic mass is 16.5. The van der Waals surface area contributed by atoms with Crippen LogP contribution in [0.25, 0.3) is 0 Å². The van der Waals surface area contributed by atoms with Crippen molar-refractivity contribution in [2.45, 2.75) is 20.8 Å². The summed E-state index contributed by atoms with van der Waals surface area (Å²) < 4.78 is 5.21. The van der Waals surface area contributed by atoms with E-state index in [1.165, 1.54) is 14.0 Å². The molecule has 1 heterocycles. The molecule has 2 aromatic rings. The first kappa shape index (κ1) is 17.3. The number of aromatic amines is 1. The minimum Gasteiger partial charge on any atom is -0.495 e. The fourth-order valence-corrected chi connectivity index (χ4v) is 2.41. The van der Waals surface area contributed by atoms with Crippen LogP contribution in [0.2, 0.25) is 0 Å². The molecule has 1 aromatic heterocycles. The number of pyridine rings is 1. The highest BCUT2D eigenvalue weighted by Gasteiger charge is 2.16. The molecular weight excluding hydrogens is 310 g/mol. The van der Waals surface area contributed by atoms with Crippen molar-refractivity contribution in [1.82, 2.24) is 4.98 Å². The minimum atomic E-state index is -0.549. The Morgan fingerprint density at radius 1 is 1.12 bits per heavy atom. The third-order valence-electron chi connectivity index (χ3n) is 3.36. The molecule has 0 spiro atoms. The van der Waals surface area contributed by atoms with Crippen LogP contribution in [0, 0.1) is 13.8 Å². The predicted octanol–water partition coefficient (Wildman–Crippen LogP) is 2.21. The number of amides is 2. The van der Waals surface area contributed by atoms with Crippen molar-refractivity contribution in [3.05, 3.63) is 51.4 Å². The molecule has 126 valence electrons. The predicted molar refractivity (Wildman–Crippen MR) is 91.8 cm³/mol. The Bertz CT molecular complexity index is 855. The van der Waals surface area contributed by atoms with E-state index in [4.69, 9.17) is 4.74 Å². The highest BCUT2D eigenvalue weighted by molar-refractivity contribution is 6.06. The Morgan fingerprint density at radius 2 is 1.83 bits per heavy atom. The lowest BCUT2D eigenvalue weighted by Gasteiger charge is -2.13. The second-order valence-electron chi connectivity index (χ2n) is 5.39. The monoisotopic (exact) mass is 329 g/mol. The van der Waals surface area contributed by atoms with Gasteiger partial charge in [-0.15, -0.1) is 0 Å². The van der Waals surface area contributed by atoms with Gasteiger partial charge in [-0.25, -0.2) is 0 Å². The molecule has 0 aliphatic carbocycles. The molecule has 7 heteroatoms. The smallest absolute Gasteiger partial charge is 0.261 e. The van der Waals surface area contributed by atoms with Gasteiger partial charge >= 0.3 is 0 Å². The number of aromatic nitrogens is 1. The van der Waals surface area contributed by atoms with Gasteiger partial charge in [-0.05, 0) is 43.7 Å². The number of carbonyl (C=O) groups excluding carboxylic acids is 2. The zero-order valence-corrected chi connectivity index (χ0v) is 13.9. The van der Waals surface area contributed by atoms with E-state index in [0.29, 0.717) is 28.4 Å². The molecule has 0 saturated carbocycles. The fourth-order valence-electron chi connectivity index (χ4n) is 2.41. The van der Waals surface area contributed by atoms with Crippen LogP contribution in [0.1, 0.15) is 28.5 Å². The summed E-state index contributed by atoms with van der Waals surface area (Å²) in [6.45, 7) is 4.83. The minimum absolute atomic E-state index is 0.0348. The van der Waals surface area contributed by atoms with Gasteiger partial charge in [0.15, 0.2) is 0 Å². The summed E-state index contributed by atoms with van der Waals surface area (Å²) in [5.41, 5.74) is 1.70. The van der Waals surface area contributed by atoms with Crippen molar-refractivity contribution in [2.75, 3.05) is 17.7 Å². The lowest BCUT2D eigenvalue weighted by atomic mass is 10.1. The van der Waals surface area contributed by atoms with Crippen LogP contribution < -0.4 is 20.9 Å². The van der Waals surface area contributed by atoms with Crippen LogP contribution in [0.15, 0.2) is 29.1 Å². The summed E-state index contributed by atoms with van der Waals surface area (Å²) in [5, 5.41) is 5.28. The molecule has 24 heavy (non-hydrogen) atoms. The molecule has 0 aliphatic heterocycles. The number of methoxy groups -OCH3 is 1. The number of rotatable bonds is 4. The molecule has 0 unspecified atom stereocenters. The molecular formula is C17H19N3O4. The van der Waals surface area contributed by atoms with Gasteiger partial charge in [0.05, 0.1) is 12.8 Å². The summed E-state index contributed by atoms with van der Waals surface area (Å²) in [7, 11) is 1.47. The molecule has 0 atom stereocenters. The molecule has 2 amide bonds. The van der Waals surface area contributed by atoms with Crippen LogP contribution in [-0.4, -0.2) is 23.9 Å². The van der Waals surface area contributed by atoms with Crippen molar-refractivity contribution in [1.29, 1.82) is 0 Å². The van der Waals surface area contributed by atoms with Crippen LogP contribution in [0.4, 0.5) is 11.4 Å². The lowest BCUT2D eigenvalue weighted by Crippen LogP contribution is -2.25. The summed E-state index contributed by atoms with van der Waals surface area (Å²) in [6, 6.07) is 6.56. The van der Waals surface area contributed by atoms with E-state index in [0.717, 1.165) is 0 Å². The van der Waals surface area contributed by atoms with E-state index in [9.17, 15) is 14.4 Å². The van der Waals surface area contributed by atoms with Crippen molar-refractivity contribution in [3.8, 4) is 5.75 Å². The van der Waals surface area contributed by atoms with E-state index < -0.39 is 11.5 Å². The number of aryl methyl sites for hydroxylation is 2. The molecule has 1 aromatic carbocycles. The second kappa shape index (κ2) is 6.99. The van der Waals surface area contributed by atoms with E-state index >= 15 is 0 Å². The summed E-state index contributed by atoms with van der Waals surface area (Å²) in [6.07, 6.45) is 0. The Hall–Kier alpha value is -3.09. The Labute approximate surface area is 139 Å². The van der Waals surface area contributed by atoms with E-state index in [2.05, 4.69) is 15.6 Å². The first-order chi connectivity index (χ1) is 11.3. The SMILES string of the molecule is COc1ccc(NC(C)=O)cc1NC(=O)c1c(C)cc(C)[nH]c1=O. The van der Waals surface area contributed by atoms with E-state index in [1.807, 2.05) is 0 Å². The molecule has 7 nitrogen and oxygen atoms in total. The Balaban J connectivity index is 2.38. The molecule has 0 aliphatic rings. The van der Waals surface area contributed by atoms with Crippen molar-refractivity contribution < 1.29 is 14.3 Å². The van der Waals surface area contributed by atoms with E-state index in [1.54, 1.807) is 38.1 Å². The average Bonchev–Trinajstić information content (AvgIpc) is 2.45. The zero-order valence-electron chi connectivity index (χ0n) is 13.9. The van der Waals surface area contributed by atoms with Crippen LogP contribution >= 0.6 is 0 Å². The Kier molecular flexibility index (Phi) is 5.03. The first-order valence-corrected chi connectivity index (χ1v) is 7.29. The van der Waals surface area contributed by atoms with Gasteiger partial charge in [-0.3, -0.25) is 14.4 Å². The van der Waals surface area contributed by atoms with Crippen LogP contribution in [-0.2, 0) is 4.79 Å². The summed E-state index contributed by atoms with van der Waals surface area (Å²) in [4.78, 5) is 38.3. The number of hydrogen-bond acceptors (Lipinski definition) is 4. The topological polar surface area (TPSA) is 100 Å². The zero-order chi connectivity index (χ0) is 17.9. The lowest BCUT2D eigenvalue weighted by molar-refractivity contribution is -0.114. The third kappa shape index (κ3) is 3.81. The van der Waals surface area contributed by atoms with E-state index in [-0.39, 0.29) is 11.5 Å². The summed E-state index contributed by atoms with van der Waals surface area (Å²) >= 11 is 0. The molecule has 0 bridgehead atoms. The third-order valence-corrected chi connectivity index (χ3v) is 3.36. The number of benzene rings is 1. The van der Waals surface area contributed by atoms with Gasteiger partial charge in [-0.2, -0.15) is 0 Å². The maximum atomic E-state index is 12.5. The average molecular weight is 329 g/mol. The molecule has 3 N–H and O–H groups in total. The standard InChI is InChI=1S/C17H19N3O4/c1-9-7-10(2)18-16(22)15(9)17(23)20-13-8-12(19-11(3)21)5-6-14(13)24-4/h5-8H,1-4H3,(H,18,22)(H,19,21)(H,20,23). The second-order valence-corrected chi connectivity index (χ2v) is 5.39. The molecule has 2 rings (SSSR count). The first-order valence-electron chi connectivity index (χ1n) is 7.29. The van der Waals surface area contributed by atoms with Gasteiger partial charge < -0.3 is 20.4 Å². The van der Waals surface area contributed by atoms with Crippen molar-refractivity contribution in [2.24, 2.45) is 0 Å². The van der Waals surface area contributed by atoms with Crippen LogP contribution in [0.3, 0.4) is 0 Å². The number of nitrogens with one attached hydrogen (secondary N) is 3. The number of H-pyrrole nitrogens is 1. The van der Waals surface area contributed by atoms with Gasteiger partial charge in [0.1, 0.15) is 11.3 Å². The van der Waals surface area contributed by atoms with Crippen LogP contribution in [0.5, 0.6) is 5.75 Å². The van der Waals surface area contributed by atoms with Gasteiger partial charge in [0.2, 0.25) is 5.91 Å². The largest absolute Gasteiger partial charge is 0.495 e. The fraction of sp³-hybridized carbons (Fsp3) is 0.235. The molecule has 0 saturated heterocycles. The Morgan fingerprint density at radius 3 is 2.42 bits per heavy atom. The summed E-state index contributed by atoms with van der Waals surface area (Å²) in [5.74, 6) is -0.367. The number of carbonyl (C=O) groups is 2. The molecule has 0 fully saturated rings. The van der Waals surface area contributed by atoms with Gasteiger partial charge in [-0.1, -0.05) is 0 Å². The highest BCUT2D eigenvalue weighted by Crippen LogP contribution is 2.28. The molecule has 0 radical (unpaired) electrons. The normalized spacial score (nSPS) is 10.2. The van der Waals surface area contributed by atoms with Crippen molar-refractivity contribution >= 4 is 23.2 Å². The quantitative estimate of drug-likeness (QED) is 0.800. The number of anilines is 2. The maximum absolute atomic E-state index is 12.5. The number of ether oxygens (including phenoxy) is 1. The van der Waals surface area contributed by atoms with Gasteiger partial charge in [0, 0.05) is 18.3 Å². The van der Waals surface area contributed by atoms with Crippen molar-refractivity contribution in [3.63, 3.8) is 0 Å². The van der Waals surface area contributed by atoms with Gasteiger partial charge in [0.25, 0.3) is 11.5 Å². The number of hydrogen-bond donors (Lipinski definition) is 3. The maximum Gasteiger partial charge on any atom is 0.261 e.